The van der Waals surface area contributed by atoms with Crippen LogP contribution in [0.25, 0.3) is 0 Å². The van der Waals surface area contributed by atoms with Gasteiger partial charge in [-0.15, -0.1) is 12.4 Å². The Hall–Kier alpha value is -1.11. The van der Waals surface area contributed by atoms with Crippen LogP contribution in [0.2, 0.25) is 0 Å². The van der Waals surface area contributed by atoms with Crippen LogP contribution in [0.4, 0.5) is 5.69 Å². The van der Waals surface area contributed by atoms with Crippen LogP contribution in [-0.4, -0.2) is 17.9 Å². The van der Waals surface area contributed by atoms with Crippen molar-refractivity contribution < 1.29 is 9.59 Å². The number of nitrogens with one attached hydrogen (secondary N) is 1. The van der Waals surface area contributed by atoms with E-state index in [2.05, 4.69) is 21.2 Å². The number of halogens is 2. The number of nitrogens with two attached hydrogens (primary N) is 2. The van der Waals surface area contributed by atoms with E-state index < -0.39 is 17.9 Å². The van der Waals surface area contributed by atoms with Crippen molar-refractivity contribution in [1.82, 2.24) is 0 Å². The fourth-order valence-electron chi connectivity index (χ4n) is 1.22. The molecule has 0 radical (unpaired) electrons. The van der Waals surface area contributed by atoms with Crippen molar-refractivity contribution in [2.24, 2.45) is 11.5 Å². The van der Waals surface area contributed by atoms with E-state index in [9.17, 15) is 9.59 Å². The van der Waals surface area contributed by atoms with Gasteiger partial charge >= 0.3 is 0 Å². The van der Waals surface area contributed by atoms with Crippen LogP contribution in [-0.2, 0) is 9.59 Å². The topological polar surface area (TPSA) is 98.2 Å². The highest BCUT2D eigenvalue weighted by atomic mass is 79.9. The normalized spacial score (nSPS) is 11.3. The molecule has 5 nitrogen and oxygen atoms in total. The summed E-state index contributed by atoms with van der Waals surface area (Å²) in [5.74, 6) is -1.03. The third-order valence-electron chi connectivity index (χ3n) is 2.20. The van der Waals surface area contributed by atoms with E-state index in [1.54, 1.807) is 12.1 Å². The Balaban J connectivity index is 0.00000289. The number of amides is 2. The number of carbonyl (C=O) groups is 2. The lowest BCUT2D eigenvalue weighted by Gasteiger charge is -2.11. The zero-order chi connectivity index (χ0) is 13.0. The van der Waals surface area contributed by atoms with Crippen LogP contribution >= 0.6 is 28.3 Å². The van der Waals surface area contributed by atoms with Gasteiger partial charge in [0.05, 0.1) is 12.5 Å². The highest BCUT2D eigenvalue weighted by Gasteiger charge is 2.16. The third-order valence-corrected chi connectivity index (χ3v) is 3.05. The molecule has 0 aliphatic heterocycles. The summed E-state index contributed by atoms with van der Waals surface area (Å²) >= 11 is 3.36. The zero-order valence-electron chi connectivity index (χ0n) is 9.77. The maximum Gasteiger partial charge on any atom is 0.241 e. The minimum atomic E-state index is -0.924. The first-order valence-corrected chi connectivity index (χ1v) is 5.80. The molecule has 100 valence electrons. The van der Waals surface area contributed by atoms with Crippen LogP contribution in [0.3, 0.4) is 0 Å². The average molecular weight is 337 g/mol. The number of hydrogen-bond donors (Lipinski definition) is 3. The van der Waals surface area contributed by atoms with Crippen molar-refractivity contribution in [2.45, 2.75) is 19.4 Å². The van der Waals surface area contributed by atoms with Crippen molar-refractivity contribution in [3.8, 4) is 0 Å². The fourth-order valence-corrected chi connectivity index (χ4v) is 1.59. The lowest BCUT2D eigenvalue weighted by atomic mass is 10.2. The van der Waals surface area contributed by atoms with Gasteiger partial charge in [-0.25, -0.2) is 0 Å². The molecule has 1 aromatic rings. The molecule has 1 unspecified atom stereocenters. The van der Waals surface area contributed by atoms with E-state index in [0.717, 1.165) is 10.0 Å². The highest BCUT2D eigenvalue weighted by molar-refractivity contribution is 9.10. The number of carbonyl (C=O) groups excluding carboxylic acids is 2. The van der Waals surface area contributed by atoms with Gasteiger partial charge < -0.3 is 16.8 Å². The summed E-state index contributed by atoms with van der Waals surface area (Å²) in [4.78, 5) is 22.2. The predicted molar refractivity (Wildman–Crippen MR) is 76.5 cm³/mol. The average Bonchev–Trinajstić information content (AvgIpc) is 2.22. The van der Waals surface area contributed by atoms with Crippen molar-refractivity contribution in [3.05, 3.63) is 28.2 Å². The number of aryl methyl sites for hydroxylation is 1. The number of rotatable bonds is 4. The van der Waals surface area contributed by atoms with Gasteiger partial charge in [0.2, 0.25) is 11.8 Å². The summed E-state index contributed by atoms with van der Waals surface area (Å²) in [7, 11) is 0. The van der Waals surface area contributed by atoms with Gasteiger partial charge in [-0.05, 0) is 24.6 Å². The molecule has 5 N–H and O–H groups in total. The molecule has 1 aromatic carbocycles. The smallest absolute Gasteiger partial charge is 0.241 e. The van der Waals surface area contributed by atoms with Gasteiger partial charge in [0.15, 0.2) is 0 Å². The quantitative estimate of drug-likeness (QED) is 0.773. The van der Waals surface area contributed by atoms with Gasteiger partial charge in [-0.1, -0.05) is 22.0 Å². The van der Waals surface area contributed by atoms with E-state index in [1.807, 2.05) is 13.0 Å². The van der Waals surface area contributed by atoms with E-state index in [1.165, 1.54) is 0 Å². The number of anilines is 1. The number of hydrogen-bond acceptors (Lipinski definition) is 3. The minimum Gasteiger partial charge on any atom is -0.370 e. The van der Waals surface area contributed by atoms with E-state index >= 15 is 0 Å². The third kappa shape index (κ3) is 5.03. The van der Waals surface area contributed by atoms with Crippen molar-refractivity contribution in [3.63, 3.8) is 0 Å². The Morgan fingerprint density at radius 3 is 2.56 bits per heavy atom. The molecule has 2 amide bonds. The lowest BCUT2D eigenvalue weighted by Crippen LogP contribution is -2.38. The van der Waals surface area contributed by atoms with Crippen molar-refractivity contribution in [2.75, 3.05) is 5.32 Å². The van der Waals surface area contributed by atoms with Gasteiger partial charge in [-0.2, -0.15) is 0 Å². The molecule has 0 fully saturated rings. The molecule has 1 rings (SSSR count). The van der Waals surface area contributed by atoms with Crippen LogP contribution in [0.15, 0.2) is 22.7 Å². The Bertz CT molecular complexity index is 454. The van der Waals surface area contributed by atoms with Crippen molar-refractivity contribution in [1.29, 1.82) is 0 Å². The number of benzene rings is 1. The molecule has 1 atom stereocenters. The molecule has 0 saturated heterocycles. The van der Waals surface area contributed by atoms with Crippen LogP contribution in [0, 0.1) is 6.92 Å². The Morgan fingerprint density at radius 1 is 1.44 bits per heavy atom. The molecule has 0 aliphatic rings. The van der Waals surface area contributed by atoms with Crippen LogP contribution in [0.1, 0.15) is 12.0 Å². The van der Waals surface area contributed by atoms with Crippen LogP contribution in [0.5, 0.6) is 0 Å². The molecular weight excluding hydrogens is 321 g/mol. The molecular formula is C11H15BrClN3O2. The van der Waals surface area contributed by atoms with Crippen molar-refractivity contribution >= 4 is 45.8 Å². The second kappa shape index (κ2) is 7.35. The van der Waals surface area contributed by atoms with Gasteiger partial charge in [0, 0.05) is 10.2 Å². The van der Waals surface area contributed by atoms with Gasteiger partial charge in [0.25, 0.3) is 0 Å². The minimum absolute atomic E-state index is 0. The Labute approximate surface area is 120 Å². The summed E-state index contributed by atoms with van der Waals surface area (Å²) in [6.45, 7) is 1.94. The second-order valence-corrected chi connectivity index (χ2v) is 4.58. The largest absolute Gasteiger partial charge is 0.370 e. The standard InChI is InChI=1S/C11H14BrN3O2.ClH/c1-6-2-3-7(4-8(6)12)15-11(17)9(13)5-10(14)16;/h2-4,9H,5,13H2,1H3,(H2,14,16)(H,15,17);1H. The molecule has 18 heavy (non-hydrogen) atoms. The first-order valence-electron chi connectivity index (χ1n) is 5.01. The summed E-state index contributed by atoms with van der Waals surface area (Å²) < 4.78 is 0.888. The van der Waals surface area contributed by atoms with E-state index in [-0.39, 0.29) is 18.8 Å². The highest BCUT2D eigenvalue weighted by Crippen LogP contribution is 2.20. The first-order chi connectivity index (χ1) is 7.90. The van der Waals surface area contributed by atoms with E-state index in [4.69, 9.17) is 11.5 Å². The molecule has 0 heterocycles. The molecule has 7 heteroatoms. The SMILES string of the molecule is Cc1ccc(NC(=O)C(N)CC(N)=O)cc1Br.Cl. The summed E-state index contributed by atoms with van der Waals surface area (Å²) in [5.41, 5.74) is 12.1. The molecule has 0 saturated carbocycles. The molecule has 0 aliphatic carbocycles. The van der Waals surface area contributed by atoms with E-state index in [0.29, 0.717) is 5.69 Å². The van der Waals surface area contributed by atoms with Crippen LogP contribution < -0.4 is 16.8 Å². The Morgan fingerprint density at radius 2 is 2.06 bits per heavy atom. The fraction of sp³-hybridized carbons (Fsp3) is 0.273. The summed E-state index contributed by atoms with van der Waals surface area (Å²) in [6.07, 6.45) is -0.168. The monoisotopic (exact) mass is 335 g/mol. The van der Waals surface area contributed by atoms with Gasteiger partial charge in [0.1, 0.15) is 0 Å². The second-order valence-electron chi connectivity index (χ2n) is 3.73. The Kier molecular flexibility index (Phi) is 6.90. The molecule has 0 spiro atoms. The summed E-state index contributed by atoms with van der Waals surface area (Å²) in [6, 6.07) is 4.46. The number of primary amides is 1. The summed E-state index contributed by atoms with van der Waals surface area (Å²) in [5, 5.41) is 2.61. The predicted octanol–water partition coefficient (Wildman–Crippen LogP) is 1.32. The molecule has 0 bridgehead atoms. The van der Waals surface area contributed by atoms with Gasteiger partial charge in [-0.3, -0.25) is 9.59 Å². The maximum absolute atomic E-state index is 11.6. The first kappa shape index (κ1) is 16.9. The lowest BCUT2D eigenvalue weighted by molar-refractivity contribution is -0.123. The zero-order valence-corrected chi connectivity index (χ0v) is 12.2. The maximum atomic E-state index is 11.6. The molecule has 0 aromatic heterocycles.